The molecule has 2 heterocycles. The lowest BCUT2D eigenvalue weighted by atomic mass is 9.97. The Labute approximate surface area is 282 Å². The van der Waals surface area contributed by atoms with Gasteiger partial charge < -0.3 is 4.42 Å². The highest BCUT2D eigenvalue weighted by molar-refractivity contribution is 6.15. The minimum atomic E-state index is 0.632. The zero-order chi connectivity index (χ0) is 32.3. The Bertz CT molecular complexity index is 2870. The van der Waals surface area contributed by atoms with Gasteiger partial charge >= 0.3 is 0 Å². The van der Waals surface area contributed by atoms with Gasteiger partial charge in [0, 0.05) is 27.5 Å². The van der Waals surface area contributed by atoms with E-state index >= 15 is 0 Å². The summed E-state index contributed by atoms with van der Waals surface area (Å²) in [5.41, 5.74) is 6.82. The minimum absolute atomic E-state index is 0.632. The van der Waals surface area contributed by atoms with E-state index in [-0.39, 0.29) is 0 Å². The fourth-order valence-corrected chi connectivity index (χ4v) is 7.05. The van der Waals surface area contributed by atoms with Gasteiger partial charge in [-0.2, -0.15) is 0 Å². The molecule has 8 aromatic carbocycles. The van der Waals surface area contributed by atoms with Crippen molar-refractivity contribution in [1.29, 1.82) is 0 Å². The first kappa shape index (κ1) is 27.5. The van der Waals surface area contributed by atoms with E-state index in [4.69, 9.17) is 19.4 Å². The monoisotopic (exact) mass is 625 g/mol. The maximum Gasteiger partial charge on any atom is 0.164 e. The second-order valence-electron chi connectivity index (χ2n) is 12.4. The van der Waals surface area contributed by atoms with E-state index < -0.39 is 0 Å². The summed E-state index contributed by atoms with van der Waals surface area (Å²) in [6.45, 7) is 0. The predicted octanol–water partition coefficient (Wildman–Crippen LogP) is 11.9. The first-order chi connectivity index (χ1) is 24.2. The summed E-state index contributed by atoms with van der Waals surface area (Å²) in [5, 5.41) is 9.43. The third kappa shape index (κ3) is 4.65. The van der Waals surface area contributed by atoms with Gasteiger partial charge in [0.05, 0.1) is 0 Å². The molecule has 0 N–H and O–H groups in total. The molecule has 0 bridgehead atoms. The molecule has 0 unspecified atom stereocenters. The van der Waals surface area contributed by atoms with Crippen LogP contribution >= 0.6 is 0 Å². The molecule has 228 valence electrons. The summed E-state index contributed by atoms with van der Waals surface area (Å²) >= 11 is 0. The molecule has 0 aliphatic heterocycles. The van der Waals surface area contributed by atoms with Crippen LogP contribution in [-0.4, -0.2) is 15.0 Å². The number of fused-ring (bicyclic) bond motifs is 7. The third-order valence-electron chi connectivity index (χ3n) is 9.49. The average Bonchev–Trinajstić information content (AvgIpc) is 3.54. The molecule has 0 atom stereocenters. The SMILES string of the molecule is c1ccc(-c2nc(-c3ccc(-c4cccc5oc6cc7ccccc7cc6c45)cc3)nc(-c3ccc4c(ccc5ccccc54)c3)n2)cc1. The van der Waals surface area contributed by atoms with Gasteiger partial charge in [-0.25, -0.2) is 15.0 Å². The predicted molar refractivity (Wildman–Crippen MR) is 201 cm³/mol. The number of furan rings is 1. The smallest absolute Gasteiger partial charge is 0.164 e. The summed E-state index contributed by atoms with van der Waals surface area (Å²) in [7, 11) is 0. The Hall–Kier alpha value is -6.65. The fourth-order valence-electron chi connectivity index (χ4n) is 7.05. The summed E-state index contributed by atoms with van der Waals surface area (Å²) in [6, 6.07) is 57.0. The molecule has 4 heteroatoms. The van der Waals surface area contributed by atoms with E-state index in [1.165, 1.54) is 26.9 Å². The van der Waals surface area contributed by atoms with Crippen molar-refractivity contribution in [3.05, 3.63) is 164 Å². The van der Waals surface area contributed by atoms with E-state index in [2.05, 4.69) is 127 Å². The number of hydrogen-bond donors (Lipinski definition) is 0. The van der Waals surface area contributed by atoms with Crippen LogP contribution in [0.1, 0.15) is 0 Å². The van der Waals surface area contributed by atoms with Crippen LogP contribution in [0.4, 0.5) is 0 Å². The van der Waals surface area contributed by atoms with E-state index in [9.17, 15) is 0 Å². The van der Waals surface area contributed by atoms with E-state index in [1.54, 1.807) is 0 Å². The number of benzene rings is 8. The molecule has 49 heavy (non-hydrogen) atoms. The Morgan fingerprint density at radius 1 is 0.327 bits per heavy atom. The van der Waals surface area contributed by atoms with E-state index in [1.807, 2.05) is 36.4 Å². The second kappa shape index (κ2) is 11.0. The minimum Gasteiger partial charge on any atom is -0.456 e. The van der Waals surface area contributed by atoms with Crippen LogP contribution in [0, 0.1) is 0 Å². The maximum atomic E-state index is 6.35. The molecular weight excluding hydrogens is 599 g/mol. The van der Waals surface area contributed by atoms with Crippen LogP contribution in [0.5, 0.6) is 0 Å². The highest BCUT2D eigenvalue weighted by Crippen LogP contribution is 2.39. The number of hydrogen-bond acceptors (Lipinski definition) is 4. The molecule has 2 aromatic heterocycles. The number of rotatable bonds is 4. The van der Waals surface area contributed by atoms with E-state index in [0.29, 0.717) is 17.5 Å². The van der Waals surface area contributed by atoms with Crippen LogP contribution in [0.3, 0.4) is 0 Å². The number of nitrogens with zero attached hydrogens (tertiary/aromatic N) is 3. The largest absolute Gasteiger partial charge is 0.456 e. The quantitative estimate of drug-likeness (QED) is 0.183. The topological polar surface area (TPSA) is 51.8 Å². The molecule has 10 rings (SSSR count). The molecule has 0 saturated carbocycles. The lowest BCUT2D eigenvalue weighted by Gasteiger charge is -2.10. The van der Waals surface area contributed by atoms with Crippen LogP contribution in [0.25, 0.3) is 99.5 Å². The van der Waals surface area contributed by atoms with Crippen LogP contribution in [-0.2, 0) is 0 Å². The summed E-state index contributed by atoms with van der Waals surface area (Å²) < 4.78 is 6.35. The van der Waals surface area contributed by atoms with Gasteiger partial charge in [0.1, 0.15) is 11.2 Å². The summed E-state index contributed by atoms with van der Waals surface area (Å²) in [6.07, 6.45) is 0. The molecule has 4 nitrogen and oxygen atoms in total. The highest BCUT2D eigenvalue weighted by atomic mass is 16.3. The molecule has 0 fully saturated rings. The van der Waals surface area contributed by atoms with Crippen molar-refractivity contribution in [2.45, 2.75) is 0 Å². The molecule has 0 aliphatic rings. The second-order valence-corrected chi connectivity index (χ2v) is 12.4. The van der Waals surface area contributed by atoms with Crippen molar-refractivity contribution in [2.75, 3.05) is 0 Å². The normalized spacial score (nSPS) is 11.7. The van der Waals surface area contributed by atoms with Crippen molar-refractivity contribution >= 4 is 54.3 Å². The third-order valence-corrected chi connectivity index (χ3v) is 9.49. The van der Waals surface area contributed by atoms with Crippen molar-refractivity contribution < 1.29 is 4.42 Å². The first-order valence-electron chi connectivity index (χ1n) is 16.4. The molecule has 0 saturated heterocycles. The molecule has 0 aliphatic carbocycles. The van der Waals surface area contributed by atoms with E-state index in [0.717, 1.165) is 55.1 Å². The lowest BCUT2D eigenvalue weighted by molar-refractivity contribution is 0.669. The average molecular weight is 626 g/mol. The summed E-state index contributed by atoms with van der Waals surface area (Å²) in [5.74, 6) is 1.92. The van der Waals surface area contributed by atoms with Crippen molar-refractivity contribution in [1.82, 2.24) is 15.0 Å². The molecule has 0 spiro atoms. The zero-order valence-electron chi connectivity index (χ0n) is 26.3. The van der Waals surface area contributed by atoms with Crippen LogP contribution in [0.15, 0.2) is 168 Å². The molecular formula is C45H27N3O. The zero-order valence-corrected chi connectivity index (χ0v) is 26.3. The van der Waals surface area contributed by atoms with Crippen molar-refractivity contribution in [2.24, 2.45) is 0 Å². The van der Waals surface area contributed by atoms with Crippen LogP contribution < -0.4 is 0 Å². The van der Waals surface area contributed by atoms with Crippen molar-refractivity contribution in [3.8, 4) is 45.3 Å². The summed E-state index contributed by atoms with van der Waals surface area (Å²) in [4.78, 5) is 15.0. The number of aromatic nitrogens is 3. The Balaban J connectivity index is 1.09. The maximum absolute atomic E-state index is 6.35. The van der Waals surface area contributed by atoms with Gasteiger partial charge in [-0.1, -0.05) is 140 Å². The Kier molecular flexibility index (Phi) is 6.15. The highest BCUT2D eigenvalue weighted by Gasteiger charge is 2.16. The van der Waals surface area contributed by atoms with Gasteiger partial charge in [-0.3, -0.25) is 0 Å². The molecule has 10 aromatic rings. The standard InChI is InChI=1S/C45H27N3O/c1-2-10-30(11-3-1)43-46-44(48-45(47-43)35-23-24-37-34(25-35)22-19-28-9-6-7-14-36(28)37)31-20-17-29(18-21-31)38-15-8-16-40-42(38)39-26-32-12-4-5-13-33(32)27-41(39)49-40/h1-27H. The van der Waals surface area contributed by atoms with Gasteiger partial charge in [0.25, 0.3) is 0 Å². The van der Waals surface area contributed by atoms with Gasteiger partial charge in [-0.15, -0.1) is 0 Å². The van der Waals surface area contributed by atoms with Gasteiger partial charge in [0.15, 0.2) is 17.5 Å². The van der Waals surface area contributed by atoms with Crippen LogP contribution in [0.2, 0.25) is 0 Å². The fraction of sp³-hybridized carbons (Fsp3) is 0. The van der Waals surface area contributed by atoms with Crippen molar-refractivity contribution in [3.63, 3.8) is 0 Å². The first-order valence-corrected chi connectivity index (χ1v) is 16.4. The Morgan fingerprint density at radius 3 is 1.71 bits per heavy atom. The lowest BCUT2D eigenvalue weighted by Crippen LogP contribution is -2.00. The van der Waals surface area contributed by atoms with Gasteiger partial charge in [-0.05, 0) is 67.7 Å². The molecule has 0 amide bonds. The van der Waals surface area contributed by atoms with Gasteiger partial charge in [0.2, 0.25) is 0 Å². The Morgan fingerprint density at radius 2 is 0.918 bits per heavy atom. The molecule has 0 radical (unpaired) electrons.